The zero-order chi connectivity index (χ0) is 20.8. The van der Waals surface area contributed by atoms with Crippen molar-refractivity contribution < 1.29 is 4.39 Å². The monoisotopic (exact) mass is 420 g/mol. The lowest BCUT2D eigenvalue weighted by molar-refractivity contribution is 0.627. The van der Waals surface area contributed by atoms with Crippen LogP contribution < -0.4 is 5.56 Å². The number of thiophene rings is 1. The minimum Gasteiger partial charge on any atom is -0.318 e. The molecule has 0 saturated heterocycles. The molecule has 5 rings (SSSR count). The standard InChI is InChI=1S/C23H21FN4OS/c1-14-11-16(15(2)28(14)18-9-7-17(24)8-10-18)12-26-27-13-25-22-21(23(27)29)19-5-3-4-6-20(19)30-22/h7-13H,3-6H2,1-2H3. The van der Waals surface area contributed by atoms with Crippen molar-refractivity contribution in [2.75, 3.05) is 0 Å². The van der Waals surface area contributed by atoms with Crippen LogP contribution in [0.5, 0.6) is 0 Å². The molecule has 0 spiro atoms. The van der Waals surface area contributed by atoms with E-state index in [1.165, 1.54) is 34.4 Å². The average Bonchev–Trinajstić information content (AvgIpc) is 3.25. The van der Waals surface area contributed by atoms with Crippen LogP contribution in [0.25, 0.3) is 15.9 Å². The molecular weight excluding hydrogens is 399 g/mol. The Labute approximate surface area is 177 Å². The molecule has 0 N–H and O–H groups in total. The molecule has 0 amide bonds. The fourth-order valence-electron chi connectivity index (χ4n) is 4.25. The van der Waals surface area contributed by atoms with Crippen molar-refractivity contribution in [2.45, 2.75) is 39.5 Å². The highest BCUT2D eigenvalue weighted by atomic mass is 32.1. The van der Waals surface area contributed by atoms with Gasteiger partial charge < -0.3 is 4.57 Å². The first kappa shape index (κ1) is 18.9. The molecule has 0 aliphatic heterocycles. The van der Waals surface area contributed by atoms with E-state index in [0.717, 1.165) is 57.7 Å². The van der Waals surface area contributed by atoms with Crippen LogP contribution in [0.3, 0.4) is 0 Å². The summed E-state index contributed by atoms with van der Waals surface area (Å²) >= 11 is 1.64. The molecule has 3 heterocycles. The van der Waals surface area contributed by atoms with Gasteiger partial charge in [-0.1, -0.05) is 0 Å². The Hall–Kier alpha value is -3.06. The van der Waals surface area contributed by atoms with Gasteiger partial charge in [0.1, 0.15) is 17.0 Å². The molecule has 0 unspecified atom stereocenters. The summed E-state index contributed by atoms with van der Waals surface area (Å²) in [7, 11) is 0. The molecule has 1 aliphatic rings. The molecule has 4 aromatic rings. The number of halogens is 1. The summed E-state index contributed by atoms with van der Waals surface area (Å²) in [5, 5.41) is 5.15. The second-order valence-corrected chi connectivity index (χ2v) is 8.75. The van der Waals surface area contributed by atoms with Crippen molar-refractivity contribution in [3.8, 4) is 5.69 Å². The number of aromatic nitrogens is 3. The molecule has 0 bridgehead atoms. The van der Waals surface area contributed by atoms with Crippen molar-refractivity contribution >= 4 is 27.8 Å². The summed E-state index contributed by atoms with van der Waals surface area (Å²) in [4.78, 5) is 19.7. The first-order valence-electron chi connectivity index (χ1n) is 10.0. The van der Waals surface area contributed by atoms with Crippen LogP contribution in [0, 0.1) is 19.7 Å². The van der Waals surface area contributed by atoms with E-state index < -0.39 is 0 Å². The predicted molar refractivity (Wildman–Crippen MR) is 119 cm³/mol. The second kappa shape index (κ2) is 7.32. The topological polar surface area (TPSA) is 52.2 Å². The van der Waals surface area contributed by atoms with Crippen molar-refractivity contribution in [3.05, 3.63) is 80.2 Å². The van der Waals surface area contributed by atoms with Crippen molar-refractivity contribution in [1.82, 2.24) is 14.2 Å². The predicted octanol–water partition coefficient (Wildman–Crippen LogP) is 4.77. The molecule has 0 fully saturated rings. The number of nitrogens with zero attached hydrogens (tertiary/aromatic N) is 4. The van der Waals surface area contributed by atoms with Gasteiger partial charge in [-0.25, -0.2) is 9.37 Å². The highest BCUT2D eigenvalue weighted by molar-refractivity contribution is 7.18. The van der Waals surface area contributed by atoms with Crippen LogP contribution in [0.4, 0.5) is 4.39 Å². The van der Waals surface area contributed by atoms with Crippen LogP contribution in [0.1, 0.15) is 40.2 Å². The van der Waals surface area contributed by atoms with Gasteiger partial charge in [-0.15, -0.1) is 11.3 Å². The van der Waals surface area contributed by atoms with E-state index >= 15 is 0 Å². The van der Waals surface area contributed by atoms with Crippen LogP contribution in [0.2, 0.25) is 0 Å². The minimum absolute atomic E-state index is 0.108. The molecular formula is C23H21FN4OS. The molecule has 1 aliphatic carbocycles. The Kier molecular flexibility index (Phi) is 4.62. The summed E-state index contributed by atoms with van der Waals surface area (Å²) < 4.78 is 16.6. The van der Waals surface area contributed by atoms with E-state index in [4.69, 9.17) is 0 Å². The molecule has 0 radical (unpaired) electrons. The van der Waals surface area contributed by atoms with Gasteiger partial charge in [0.05, 0.1) is 11.6 Å². The largest absolute Gasteiger partial charge is 0.318 e. The van der Waals surface area contributed by atoms with Crippen LogP contribution in [-0.4, -0.2) is 20.4 Å². The number of rotatable bonds is 3. The summed E-state index contributed by atoms with van der Waals surface area (Å²) in [6, 6.07) is 8.40. The van der Waals surface area contributed by atoms with Gasteiger partial charge in [0.15, 0.2) is 0 Å². The summed E-state index contributed by atoms with van der Waals surface area (Å²) in [5.41, 5.74) is 4.82. The highest BCUT2D eigenvalue weighted by Gasteiger charge is 2.20. The maximum absolute atomic E-state index is 13.3. The average molecular weight is 421 g/mol. The zero-order valence-corrected chi connectivity index (χ0v) is 17.7. The van der Waals surface area contributed by atoms with Gasteiger partial charge in [0.25, 0.3) is 5.56 Å². The smallest absolute Gasteiger partial charge is 0.282 e. The first-order valence-corrected chi connectivity index (χ1v) is 10.9. The zero-order valence-electron chi connectivity index (χ0n) is 16.9. The van der Waals surface area contributed by atoms with Gasteiger partial charge in [-0.05, 0) is 75.4 Å². The second-order valence-electron chi connectivity index (χ2n) is 7.67. The Morgan fingerprint density at radius 3 is 2.73 bits per heavy atom. The van der Waals surface area contributed by atoms with Crippen molar-refractivity contribution in [2.24, 2.45) is 5.10 Å². The van der Waals surface area contributed by atoms with Gasteiger partial charge >= 0.3 is 0 Å². The summed E-state index contributed by atoms with van der Waals surface area (Å²) in [6.07, 6.45) is 7.47. The van der Waals surface area contributed by atoms with Gasteiger partial charge in [-0.3, -0.25) is 4.79 Å². The lowest BCUT2D eigenvalue weighted by atomic mass is 9.97. The first-order chi connectivity index (χ1) is 14.5. The van der Waals surface area contributed by atoms with Crippen LogP contribution in [-0.2, 0) is 12.8 Å². The molecule has 3 aromatic heterocycles. The number of hydrogen-bond donors (Lipinski definition) is 0. The SMILES string of the molecule is Cc1cc(C=Nn2cnc3sc4c(c3c2=O)CCCC4)c(C)n1-c1ccc(F)cc1. The van der Waals surface area contributed by atoms with E-state index in [1.54, 1.807) is 29.7 Å². The maximum Gasteiger partial charge on any atom is 0.282 e. The molecule has 152 valence electrons. The van der Waals surface area contributed by atoms with E-state index in [-0.39, 0.29) is 11.4 Å². The van der Waals surface area contributed by atoms with Gasteiger partial charge in [-0.2, -0.15) is 9.78 Å². The van der Waals surface area contributed by atoms with Crippen LogP contribution >= 0.6 is 11.3 Å². The number of benzene rings is 1. The van der Waals surface area contributed by atoms with Crippen molar-refractivity contribution in [1.29, 1.82) is 0 Å². The Balaban J connectivity index is 1.54. The lowest BCUT2D eigenvalue weighted by Gasteiger charge is -2.09. The molecule has 0 saturated carbocycles. The fourth-order valence-corrected chi connectivity index (χ4v) is 5.47. The van der Waals surface area contributed by atoms with E-state index in [2.05, 4.69) is 10.1 Å². The van der Waals surface area contributed by atoms with Gasteiger partial charge in [0, 0.05) is 27.5 Å². The van der Waals surface area contributed by atoms with Crippen LogP contribution in [0.15, 0.2) is 46.6 Å². The normalized spacial score (nSPS) is 14.0. The highest BCUT2D eigenvalue weighted by Crippen LogP contribution is 2.33. The molecule has 1 aromatic carbocycles. The molecule has 7 heteroatoms. The molecule has 0 atom stereocenters. The molecule has 5 nitrogen and oxygen atoms in total. The quantitative estimate of drug-likeness (QED) is 0.449. The number of aryl methyl sites for hydroxylation is 3. The maximum atomic E-state index is 13.3. The third-order valence-electron chi connectivity index (χ3n) is 5.74. The Morgan fingerprint density at radius 1 is 1.17 bits per heavy atom. The Bertz CT molecular complexity index is 1340. The molecule has 30 heavy (non-hydrogen) atoms. The fraction of sp³-hybridized carbons (Fsp3) is 0.261. The van der Waals surface area contributed by atoms with E-state index in [0.29, 0.717) is 0 Å². The van der Waals surface area contributed by atoms with Crippen molar-refractivity contribution in [3.63, 3.8) is 0 Å². The summed E-state index contributed by atoms with van der Waals surface area (Å²) in [6.45, 7) is 3.97. The lowest BCUT2D eigenvalue weighted by Crippen LogP contribution is -2.18. The minimum atomic E-state index is -0.263. The third kappa shape index (κ3) is 3.10. The number of fused-ring (bicyclic) bond motifs is 3. The Morgan fingerprint density at radius 2 is 1.93 bits per heavy atom. The third-order valence-corrected chi connectivity index (χ3v) is 6.94. The van der Waals surface area contributed by atoms with Gasteiger partial charge in [0.2, 0.25) is 0 Å². The summed E-state index contributed by atoms with van der Waals surface area (Å²) in [5.74, 6) is -0.263. The van der Waals surface area contributed by atoms with E-state index in [1.807, 2.05) is 24.5 Å². The van der Waals surface area contributed by atoms with E-state index in [9.17, 15) is 9.18 Å². The number of hydrogen-bond acceptors (Lipinski definition) is 4.